The van der Waals surface area contributed by atoms with E-state index in [1.165, 1.54) is 20.3 Å². The molecule has 0 radical (unpaired) electrons. The molecule has 88 valence electrons. The van der Waals surface area contributed by atoms with E-state index < -0.39 is 11.9 Å². The summed E-state index contributed by atoms with van der Waals surface area (Å²) in [6.07, 6.45) is 1.66. The average Bonchev–Trinajstić information content (AvgIpc) is 2.84. The summed E-state index contributed by atoms with van der Waals surface area (Å²) < 4.78 is 9.34. The Morgan fingerprint density at radius 3 is 2.24 bits per heavy atom. The smallest absolute Gasteiger partial charge is 0.339 e. The van der Waals surface area contributed by atoms with Gasteiger partial charge in [-0.25, -0.2) is 9.59 Å². The number of esters is 2. The Balaban J connectivity index is 2.67. The van der Waals surface area contributed by atoms with Gasteiger partial charge in [-0.1, -0.05) is 0 Å². The normalized spacial score (nSPS) is 10.2. The third kappa shape index (κ3) is 1.75. The number of carbonyl (C=O) groups is 2. The summed E-state index contributed by atoms with van der Waals surface area (Å²) in [7, 11) is 2.63. The fourth-order valence-corrected chi connectivity index (χ4v) is 1.72. The monoisotopic (exact) mass is 233 g/mol. The number of carbonyl (C=O) groups excluding carboxylic acids is 2. The van der Waals surface area contributed by atoms with Crippen LogP contribution in [0.4, 0.5) is 0 Å². The number of methoxy groups -OCH3 is 2. The highest BCUT2D eigenvalue weighted by atomic mass is 16.5. The van der Waals surface area contributed by atoms with Crippen LogP contribution in [-0.4, -0.2) is 31.1 Å². The fraction of sp³-hybridized carbons (Fsp3) is 0.167. The van der Waals surface area contributed by atoms with Crippen molar-refractivity contribution < 1.29 is 19.1 Å². The molecule has 2 rings (SSSR count). The van der Waals surface area contributed by atoms with E-state index in [0.29, 0.717) is 22.0 Å². The number of hydrogen-bond acceptors (Lipinski definition) is 4. The second-order valence-electron chi connectivity index (χ2n) is 3.41. The van der Waals surface area contributed by atoms with Gasteiger partial charge in [0.2, 0.25) is 0 Å². The summed E-state index contributed by atoms with van der Waals surface area (Å²) in [5.41, 5.74) is 1.37. The predicted molar refractivity (Wildman–Crippen MR) is 61.0 cm³/mol. The molecule has 1 N–H and O–H groups in total. The van der Waals surface area contributed by atoms with Crippen molar-refractivity contribution in [1.29, 1.82) is 0 Å². The molecular formula is C12H11NO4. The van der Waals surface area contributed by atoms with Gasteiger partial charge in [0.15, 0.2) is 0 Å². The van der Waals surface area contributed by atoms with Crippen LogP contribution >= 0.6 is 0 Å². The molecule has 1 aromatic carbocycles. The van der Waals surface area contributed by atoms with Crippen molar-refractivity contribution in [3.8, 4) is 0 Å². The molecule has 2 aromatic rings. The topological polar surface area (TPSA) is 68.4 Å². The maximum Gasteiger partial charge on any atom is 0.339 e. The summed E-state index contributed by atoms with van der Waals surface area (Å²) in [4.78, 5) is 26.0. The molecule has 0 saturated carbocycles. The molecule has 0 spiro atoms. The van der Waals surface area contributed by atoms with Crippen LogP contribution in [0.3, 0.4) is 0 Å². The molecule has 1 aromatic heterocycles. The van der Waals surface area contributed by atoms with Crippen LogP contribution in [0.5, 0.6) is 0 Å². The van der Waals surface area contributed by atoms with E-state index in [1.807, 2.05) is 0 Å². The lowest BCUT2D eigenvalue weighted by Crippen LogP contribution is -2.06. The van der Waals surface area contributed by atoms with Crippen LogP contribution in [-0.2, 0) is 9.47 Å². The lowest BCUT2D eigenvalue weighted by Gasteiger charge is -2.05. The Bertz CT molecular complexity index is 535. The number of hydrogen-bond donors (Lipinski definition) is 1. The van der Waals surface area contributed by atoms with E-state index in [4.69, 9.17) is 0 Å². The molecule has 17 heavy (non-hydrogen) atoms. The van der Waals surface area contributed by atoms with Crippen molar-refractivity contribution in [2.24, 2.45) is 0 Å². The van der Waals surface area contributed by atoms with E-state index in [2.05, 4.69) is 14.5 Å². The van der Waals surface area contributed by atoms with Gasteiger partial charge in [-0.2, -0.15) is 0 Å². The summed E-state index contributed by atoms with van der Waals surface area (Å²) in [6, 6.07) is 4.80. The number of aromatic amines is 1. The van der Waals surface area contributed by atoms with Crippen molar-refractivity contribution in [2.45, 2.75) is 0 Å². The molecule has 1 heterocycles. The van der Waals surface area contributed by atoms with Crippen LogP contribution in [0, 0.1) is 0 Å². The SMILES string of the molecule is COC(=O)c1ccc(C(=O)OC)c2[nH]ccc12. The molecular weight excluding hydrogens is 222 g/mol. The van der Waals surface area contributed by atoms with Gasteiger partial charge in [-0.15, -0.1) is 0 Å². The lowest BCUT2D eigenvalue weighted by molar-refractivity contribution is 0.0590. The van der Waals surface area contributed by atoms with Crippen molar-refractivity contribution in [3.05, 3.63) is 35.5 Å². The van der Waals surface area contributed by atoms with E-state index in [1.54, 1.807) is 18.3 Å². The van der Waals surface area contributed by atoms with Gasteiger partial charge in [0.1, 0.15) is 0 Å². The van der Waals surface area contributed by atoms with Crippen LogP contribution < -0.4 is 0 Å². The minimum absolute atomic E-state index is 0.389. The first-order valence-electron chi connectivity index (χ1n) is 4.95. The zero-order valence-electron chi connectivity index (χ0n) is 9.44. The standard InChI is InChI=1S/C12H11NO4/c1-16-11(14)8-3-4-9(12(15)17-2)10-7(8)5-6-13-10/h3-6,13H,1-2H3. The molecule has 0 unspecified atom stereocenters. The van der Waals surface area contributed by atoms with E-state index in [9.17, 15) is 9.59 Å². The minimum atomic E-state index is -0.450. The Morgan fingerprint density at radius 1 is 1.00 bits per heavy atom. The second kappa shape index (κ2) is 4.29. The molecule has 0 aliphatic carbocycles. The number of H-pyrrole nitrogens is 1. The van der Waals surface area contributed by atoms with Gasteiger partial charge in [0, 0.05) is 11.6 Å². The van der Waals surface area contributed by atoms with Crippen LogP contribution in [0.1, 0.15) is 20.7 Å². The van der Waals surface area contributed by atoms with Gasteiger partial charge in [0.25, 0.3) is 0 Å². The molecule has 0 bridgehead atoms. The molecule has 0 aliphatic heterocycles. The maximum atomic E-state index is 11.5. The van der Waals surface area contributed by atoms with Gasteiger partial charge >= 0.3 is 11.9 Å². The van der Waals surface area contributed by atoms with Gasteiger partial charge in [-0.05, 0) is 18.2 Å². The summed E-state index contributed by atoms with van der Waals surface area (Å²) in [5.74, 6) is -0.889. The number of rotatable bonds is 2. The third-order valence-corrected chi connectivity index (χ3v) is 2.53. The van der Waals surface area contributed by atoms with Crippen molar-refractivity contribution in [3.63, 3.8) is 0 Å². The number of fused-ring (bicyclic) bond motifs is 1. The maximum absolute atomic E-state index is 11.5. The highest BCUT2D eigenvalue weighted by Crippen LogP contribution is 2.23. The zero-order chi connectivity index (χ0) is 12.4. The molecule has 5 heteroatoms. The molecule has 0 atom stereocenters. The lowest BCUT2D eigenvalue weighted by atomic mass is 10.1. The first-order chi connectivity index (χ1) is 8.19. The van der Waals surface area contributed by atoms with Crippen LogP contribution in [0.2, 0.25) is 0 Å². The number of aromatic nitrogens is 1. The first-order valence-corrected chi connectivity index (χ1v) is 4.95. The highest BCUT2D eigenvalue weighted by molar-refractivity contribution is 6.10. The highest BCUT2D eigenvalue weighted by Gasteiger charge is 2.17. The van der Waals surface area contributed by atoms with Gasteiger partial charge in [0.05, 0.1) is 30.9 Å². The number of ether oxygens (including phenoxy) is 2. The van der Waals surface area contributed by atoms with Crippen LogP contribution in [0.15, 0.2) is 24.4 Å². The number of nitrogens with one attached hydrogen (secondary N) is 1. The number of benzene rings is 1. The first kappa shape index (κ1) is 11.2. The third-order valence-electron chi connectivity index (χ3n) is 2.53. The van der Waals surface area contributed by atoms with Gasteiger partial charge in [-0.3, -0.25) is 0 Å². The second-order valence-corrected chi connectivity index (χ2v) is 3.41. The van der Waals surface area contributed by atoms with E-state index in [0.717, 1.165) is 0 Å². The largest absolute Gasteiger partial charge is 0.465 e. The zero-order valence-corrected chi connectivity index (χ0v) is 9.44. The fourth-order valence-electron chi connectivity index (χ4n) is 1.72. The molecule has 0 amide bonds. The minimum Gasteiger partial charge on any atom is -0.465 e. The van der Waals surface area contributed by atoms with Gasteiger partial charge < -0.3 is 14.5 Å². The summed E-state index contributed by atoms with van der Waals surface area (Å²) in [6.45, 7) is 0. The predicted octanol–water partition coefficient (Wildman–Crippen LogP) is 1.74. The molecule has 5 nitrogen and oxygen atoms in total. The summed E-state index contributed by atoms with van der Waals surface area (Å²) >= 11 is 0. The Kier molecular flexibility index (Phi) is 2.82. The summed E-state index contributed by atoms with van der Waals surface area (Å²) in [5, 5.41) is 0.639. The van der Waals surface area contributed by atoms with E-state index in [-0.39, 0.29) is 0 Å². The molecule has 0 fully saturated rings. The molecule has 0 aliphatic rings. The van der Waals surface area contributed by atoms with Crippen molar-refractivity contribution in [2.75, 3.05) is 14.2 Å². The van der Waals surface area contributed by atoms with Crippen molar-refractivity contribution >= 4 is 22.8 Å². The Labute approximate surface area is 97.3 Å². The average molecular weight is 233 g/mol. The van der Waals surface area contributed by atoms with Crippen molar-refractivity contribution in [1.82, 2.24) is 4.98 Å². The quantitative estimate of drug-likeness (QED) is 0.802. The van der Waals surface area contributed by atoms with E-state index >= 15 is 0 Å². The van der Waals surface area contributed by atoms with Crippen LogP contribution in [0.25, 0.3) is 10.9 Å². The molecule has 0 saturated heterocycles. The Morgan fingerprint density at radius 2 is 1.59 bits per heavy atom. The Hall–Kier alpha value is -2.30.